The van der Waals surface area contributed by atoms with Crippen molar-refractivity contribution in [2.24, 2.45) is 0 Å². The number of amides is 1. The van der Waals surface area contributed by atoms with Crippen molar-refractivity contribution < 1.29 is 14.3 Å². The number of hydrogen-bond donors (Lipinski definition) is 1. The molecule has 0 bridgehead atoms. The molecule has 0 radical (unpaired) electrons. The summed E-state index contributed by atoms with van der Waals surface area (Å²) in [5.74, 6) is 0.127. The fraction of sp³-hybridized carbons (Fsp3) is 0.120. The fourth-order valence-electron chi connectivity index (χ4n) is 2.92. The summed E-state index contributed by atoms with van der Waals surface area (Å²) >= 11 is 22.0. The van der Waals surface area contributed by atoms with Crippen molar-refractivity contribution in [3.8, 4) is 17.6 Å². The van der Waals surface area contributed by atoms with Gasteiger partial charge in [0.15, 0.2) is 11.5 Å². The second kappa shape index (κ2) is 12.1. The summed E-state index contributed by atoms with van der Waals surface area (Å²) in [4.78, 5) is 12.7. The molecule has 0 aliphatic rings. The van der Waals surface area contributed by atoms with Crippen LogP contribution in [0.1, 0.15) is 18.1 Å². The van der Waals surface area contributed by atoms with E-state index in [0.29, 0.717) is 29.4 Å². The molecule has 9 heteroatoms. The van der Waals surface area contributed by atoms with Gasteiger partial charge in [-0.15, -0.1) is 0 Å². The Bertz CT molecular complexity index is 1270. The Balaban J connectivity index is 1.86. The number of nitrogens with one attached hydrogen (secondary N) is 1. The fourth-order valence-corrected chi connectivity index (χ4v) is 3.80. The maximum atomic E-state index is 12.7. The summed E-state index contributed by atoms with van der Waals surface area (Å²) < 4.78 is 12.6. The summed E-state index contributed by atoms with van der Waals surface area (Å²) in [6, 6.07) is 17.7. The van der Waals surface area contributed by atoms with Gasteiger partial charge in [0.05, 0.1) is 27.4 Å². The van der Waals surface area contributed by atoms with Crippen molar-refractivity contribution in [3.05, 3.63) is 90.8 Å². The van der Waals surface area contributed by atoms with Gasteiger partial charge >= 0.3 is 0 Å². The van der Waals surface area contributed by atoms with Gasteiger partial charge in [-0.25, -0.2) is 0 Å². The SMILES string of the molecule is CCOc1cc(/C=C(/C#N)C(=O)Nc2cccc(Cl)c2Cl)cc(Cl)c1OCc1ccc(Br)cc1. The molecule has 0 aliphatic carbocycles. The largest absolute Gasteiger partial charge is 0.490 e. The lowest BCUT2D eigenvalue weighted by Crippen LogP contribution is -2.13. The monoisotopic (exact) mass is 578 g/mol. The molecule has 0 fully saturated rings. The van der Waals surface area contributed by atoms with Gasteiger partial charge in [0, 0.05) is 4.47 Å². The first-order valence-electron chi connectivity index (χ1n) is 10.0. The highest BCUT2D eigenvalue weighted by molar-refractivity contribution is 9.10. The zero-order valence-electron chi connectivity index (χ0n) is 17.9. The molecule has 174 valence electrons. The van der Waals surface area contributed by atoms with Crippen LogP contribution in [0.3, 0.4) is 0 Å². The Hall–Kier alpha value is -2.69. The highest BCUT2D eigenvalue weighted by Gasteiger charge is 2.16. The zero-order chi connectivity index (χ0) is 24.7. The highest BCUT2D eigenvalue weighted by Crippen LogP contribution is 2.38. The van der Waals surface area contributed by atoms with Gasteiger partial charge in [-0.05, 0) is 60.5 Å². The molecule has 0 saturated heterocycles. The van der Waals surface area contributed by atoms with Crippen LogP contribution in [0.5, 0.6) is 11.5 Å². The third-order valence-electron chi connectivity index (χ3n) is 4.50. The van der Waals surface area contributed by atoms with Crippen LogP contribution in [-0.4, -0.2) is 12.5 Å². The molecule has 0 spiro atoms. The predicted octanol–water partition coefficient (Wildman–Crippen LogP) is 7.93. The Morgan fingerprint density at radius 1 is 1.09 bits per heavy atom. The number of ether oxygens (including phenoxy) is 2. The molecule has 0 unspecified atom stereocenters. The van der Waals surface area contributed by atoms with E-state index < -0.39 is 5.91 Å². The molecular weight excluding hydrogens is 563 g/mol. The van der Waals surface area contributed by atoms with Gasteiger partial charge in [-0.2, -0.15) is 5.26 Å². The van der Waals surface area contributed by atoms with E-state index in [1.54, 1.807) is 30.3 Å². The minimum Gasteiger partial charge on any atom is -0.490 e. The number of hydrogen-bond acceptors (Lipinski definition) is 4. The van der Waals surface area contributed by atoms with Crippen molar-refractivity contribution in [1.82, 2.24) is 0 Å². The van der Waals surface area contributed by atoms with E-state index in [0.717, 1.165) is 10.0 Å². The smallest absolute Gasteiger partial charge is 0.266 e. The van der Waals surface area contributed by atoms with Gasteiger partial charge in [0.1, 0.15) is 18.2 Å². The van der Waals surface area contributed by atoms with Gasteiger partial charge < -0.3 is 14.8 Å². The third kappa shape index (κ3) is 6.68. The molecule has 0 saturated carbocycles. The molecule has 1 amide bonds. The van der Waals surface area contributed by atoms with Crippen molar-refractivity contribution in [1.29, 1.82) is 5.26 Å². The molecule has 5 nitrogen and oxygen atoms in total. The molecular formula is C25H18BrCl3N2O3. The Kier molecular flexibility index (Phi) is 9.26. The molecule has 3 rings (SSSR count). The average molecular weight is 581 g/mol. The van der Waals surface area contributed by atoms with Gasteiger partial charge in [0.2, 0.25) is 0 Å². The van der Waals surface area contributed by atoms with Crippen LogP contribution < -0.4 is 14.8 Å². The van der Waals surface area contributed by atoms with Crippen molar-refractivity contribution in [2.75, 3.05) is 11.9 Å². The molecule has 0 aromatic heterocycles. The van der Waals surface area contributed by atoms with Crippen LogP contribution in [0.2, 0.25) is 15.1 Å². The van der Waals surface area contributed by atoms with Crippen molar-refractivity contribution >= 4 is 68.4 Å². The molecule has 0 heterocycles. The van der Waals surface area contributed by atoms with Crippen LogP contribution in [0.25, 0.3) is 6.08 Å². The maximum absolute atomic E-state index is 12.7. The Morgan fingerprint density at radius 2 is 1.82 bits per heavy atom. The summed E-state index contributed by atoms with van der Waals surface area (Å²) in [5, 5.41) is 12.9. The molecule has 3 aromatic carbocycles. The molecule has 34 heavy (non-hydrogen) atoms. The molecule has 0 aliphatic heterocycles. The summed E-state index contributed by atoms with van der Waals surface area (Å²) in [6.07, 6.45) is 1.40. The van der Waals surface area contributed by atoms with Crippen LogP contribution >= 0.6 is 50.7 Å². The van der Waals surface area contributed by atoms with Gasteiger partial charge in [-0.3, -0.25) is 4.79 Å². The van der Waals surface area contributed by atoms with E-state index in [1.165, 1.54) is 6.08 Å². The van der Waals surface area contributed by atoms with E-state index in [1.807, 2.05) is 37.3 Å². The summed E-state index contributed by atoms with van der Waals surface area (Å²) in [7, 11) is 0. The summed E-state index contributed by atoms with van der Waals surface area (Å²) in [6.45, 7) is 2.49. The number of benzene rings is 3. The first-order chi connectivity index (χ1) is 16.3. The van der Waals surface area contributed by atoms with Gasteiger partial charge in [0.25, 0.3) is 5.91 Å². The lowest BCUT2D eigenvalue weighted by Gasteiger charge is -2.15. The standard InChI is InChI=1S/C25H18BrCl3N2O3/c1-2-33-22-12-16(11-20(28)24(22)34-14-15-6-8-18(26)9-7-15)10-17(13-30)25(32)31-21-5-3-4-19(27)23(21)29/h3-12H,2,14H2,1H3,(H,31,32)/b17-10-. The number of carbonyl (C=O) groups is 1. The van der Waals surface area contributed by atoms with E-state index in [-0.39, 0.29) is 27.2 Å². The third-order valence-corrected chi connectivity index (χ3v) is 6.13. The lowest BCUT2D eigenvalue weighted by atomic mass is 10.1. The summed E-state index contributed by atoms with van der Waals surface area (Å²) in [5.41, 5.74) is 1.59. The van der Waals surface area contributed by atoms with E-state index in [4.69, 9.17) is 44.3 Å². The van der Waals surface area contributed by atoms with Crippen LogP contribution in [0, 0.1) is 11.3 Å². The number of carbonyl (C=O) groups excluding carboxylic acids is 1. The van der Waals surface area contributed by atoms with Crippen LogP contribution in [0.4, 0.5) is 5.69 Å². The van der Waals surface area contributed by atoms with Gasteiger partial charge in [-0.1, -0.05) is 68.9 Å². The number of nitrogens with zero attached hydrogens (tertiary/aromatic N) is 1. The predicted molar refractivity (Wildman–Crippen MR) is 140 cm³/mol. The quantitative estimate of drug-likeness (QED) is 0.217. The average Bonchev–Trinajstić information content (AvgIpc) is 2.81. The second-order valence-corrected chi connectivity index (χ2v) is 9.01. The lowest BCUT2D eigenvalue weighted by molar-refractivity contribution is -0.112. The first-order valence-corrected chi connectivity index (χ1v) is 12.0. The normalized spacial score (nSPS) is 11.0. The van der Waals surface area contributed by atoms with Crippen molar-refractivity contribution in [2.45, 2.75) is 13.5 Å². The number of nitriles is 1. The maximum Gasteiger partial charge on any atom is 0.266 e. The first kappa shape index (κ1) is 25.9. The zero-order valence-corrected chi connectivity index (χ0v) is 21.7. The van der Waals surface area contributed by atoms with E-state index in [2.05, 4.69) is 21.2 Å². The van der Waals surface area contributed by atoms with Crippen LogP contribution in [0.15, 0.2) is 64.6 Å². The topological polar surface area (TPSA) is 71.3 Å². The number of anilines is 1. The molecule has 3 aromatic rings. The van der Waals surface area contributed by atoms with E-state index in [9.17, 15) is 10.1 Å². The van der Waals surface area contributed by atoms with E-state index >= 15 is 0 Å². The Morgan fingerprint density at radius 3 is 2.50 bits per heavy atom. The van der Waals surface area contributed by atoms with Crippen LogP contribution in [-0.2, 0) is 11.4 Å². The minimum atomic E-state index is -0.642. The highest BCUT2D eigenvalue weighted by atomic mass is 79.9. The molecule has 0 atom stereocenters. The number of rotatable bonds is 8. The second-order valence-electron chi connectivity index (χ2n) is 6.90. The minimum absolute atomic E-state index is 0.155. The number of halogens is 4. The molecule has 1 N–H and O–H groups in total. The Labute approximate surface area is 221 Å². The van der Waals surface area contributed by atoms with Crippen molar-refractivity contribution in [3.63, 3.8) is 0 Å².